The molecule has 1 N–H and O–H groups in total. The molecule has 0 heterocycles. The van der Waals surface area contributed by atoms with Gasteiger partial charge in [0.15, 0.2) is 0 Å². The van der Waals surface area contributed by atoms with Gasteiger partial charge in [-0.15, -0.1) is 0 Å². The second-order valence-electron chi connectivity index (χ2n) is 3.91. The molecule has 0 bridgehead atoms. The van der Waals surface area contributed by atoms with Crippen LogP contribution < -0.4 is 10.2 Å². The zero-order valence-corrected chi connectivity index (χ0v) is 9.74. The first-order valence-electron chi connectivity index (χ1n) is 5.05. The number of anilines is 1. The number of hydrogen-bond donors (Lipinski definition) is 1. The van der Waals surface area contributed by atoms with Crippen LogP contribution in [0, 0.1) is 0 Å². The smallest absolute Gasteiger partial charge is 0.217 e. The predicted octanol–water partition coefficient (Wildman–Crippen LogP) is 1.95. The second-order valence-corrected chi connectivity index (χ2v) is 3.91. The molecule has 3 heteroatoms. The molecule has 3 nitrogen and oxygen atoms in total. The quantitative estimate of drug-likeness (QED) is 0.819. The molecule has 1 aromatic carbocycles. The Morgan fingerprint density at radius 3 is 2.20 bits per heavy atom. The number of benzene rings is 1. The van der Waals surface area contributed by atoms with Crippen molar-refractivity contribution >= 4 is 11.6 Å². The van der Waals surface area contributed by atoms with Gasteiger partial charge in [0, 0.05) is 26.7 Å². The third kappa shape index (κ3) is 3.27. The van der Waals surface area contributed by atoms with Crippen LogP contribution in [-0.4, -0.2) is 20.0 Å². The van der Waals surface area contributed by atoms with Crippen LogP contribution in [0.2, 0.25) is 0 Å². The number of amides is 1. The van der Waals surface area contributed by atoms with Crippen molar-refractivity contribution < 1.29 is 4.79 Å². The Morgan fingerprint density at radius 2 is 1.80 bits per heavy atom. The van der Waals surface area contributed by atoms with Gasteiger partial charge >= 0.3 is 0 Å². The fourth-order valence-corrected chi connectivity index (χ4v) is 1.45. The molecule has 1 atom stereocenters. The normalized spacial score (nSPS) is 12.0. The van der Waals surface area contributed by atoms with Crippen LogP contribution in [0.25, 0.3) is 0 Å². The summed E-state index contributed by atoms with van der Waals surface area (Å²) in [5, 5.41) is 2.86. The third-order valence-electron chi connectivity index (χ3n) is 2.33. The summed E-state index contributed by atoms with van der Waals surface area (Å²) in [6.07, 6.45) is 0. The van der Waals surface area contributed by atoms with Gasteiger partial charge in [0.25, 0.3) is 0 Å². The zero-order valence-electron chi connectivity index (χ0n) is 9.74. The Balaban J connectivity index is 2.75. The van der Waals surface area contributed by atoms with Crippen LogP contribution in [0.5, 0.6) is 0 Å². The van der Waals surface area contributed by atoms with E-state index in [0.29, 0.717) is 0 Å². The minimum absolute atomic E-state index is 0.000754. The van der Waals surface area contributed by atoms with Crippen LogP contribution in [0.15, 0.2) is 24.3 Å². The summed E-state index contributed by atoms with van der Waals surface area (Å²) in [6.45, 7) is 3.51. The van der Waals surface area contributed by atoms with E-state index in [1.165, 1.54) is 6.92 Å². The topological polar surface area (TPSA) is 32.3 Å². The van der Waals surface area contributed by atoms with Crippen LogP contribution in [0.4, 0.5) is 5.69 Å². The molecule has 1 unspecified atom stereocenters. The number of hydrogen-bond acceptors (Lipinski definition) is 2. The summed E-state index contributed by atoms with van der Waals surface area (Å²) in [5.74, 6) is -0.000754. The molecule has 0 radical (unpaired) electrons. The van der Waals surface area contributed by atoms with E-state index in [9.17, 15) is 4.79 Å². The average Bonchev–Trinajstić information content (AvgIpc) is 2.17. The molecule has 1 rings (SSSR count). The standard InChI is InChI=1S/C12H18N2O/c1-9(13-10(2)15)11-5-7-12(8-6-11)14(3)4/h5-9H,1-4H3,(H,13,15). The number of carbonyl (C=O) groups excluding carboxylic acids is 1. The summed E-state index contributed by atoms with van der Waals surface area (Å²) < 4.78 is 0. The maximum absolute atomic E-state index is 10.9. The third-order valence-corrected chi connectivity index (χ3v) is 2.33. The molecule has 0 spiro atoms. The zero-order chi connectivity index (χ0) is 11.4. The minimum atomic E-state index is -0.000754. The Hall–Kier alpha value is -1.51. The molecule has 0 aliphatic carbocycles. The van der Waals surface area contributed by atoms with Crippen molar-refractivity contribution in [3.63, 3.8) is 0 Å². The highest BCUT2D eigenvalue weighted by atomic mass is 16.1. The van der Waals surface area contributed by atoms with Gasteiger partial charge in [-0.25, -0.2) is 0 Å². The van der Waals surface area contributed by atoms with E-state index < -0.39 is 0 Å². The molecule has 82 valence electrons. The number of nitrogens with one attached hydrogen (secondary N) is 1. The molecule has 0 fully saturated rings. The van der Waals surface area contributed by atoms with Crippen LogP contribution >= 0.6 is 0 Å². The predicted molar refractivity (Wildman–Crippen MR) is 63.0 cm³/mol. The van der Waals surface area contributed by atoms with E-state index in [1.54, 1.807) is 0 Å². The van der Waals surface area contributed by atoms with Crippen molar-refractivity contribution in [3.8, 4) is 0 Å². The van der Waals surface area contributed by atoms with Crippen molar-refractivity contribution in [1.29, 1.82) is 0 Å². The van der Waals surface area contributed by atoms with E-state index in [2.05, 4.69) is 5.32 Å². The molecule has 0 aliphatic rings. The van der Waals surface area contributed by atoms with Crippen molar-refractivity contribution in [3.05, 3.63) is 29.8 Å². The SMILES string of the molecule is CC(=O)NC(C)c1ccc(N(C)C)cc1. The van der Waals surface area contributed by atoms with Gasteiger partial charge in [-0.2, -0.15) is 0 Å². The highest BCUT2D eigenvalue weighted by Gasteiger charge is 2.06. The Morgan fingerprint density at radius 1 is 1.27 bits per heavy atom. The van der Waals surface area contributed by atoms with Gasteiger partial charge in [0.1, 0.15) is 0 Å². The van der Waals surface area contributed by atoms with Gasteiger partial charge in [-0.1, -0.05) is 12.1 Å². The van der Waals surface area contributed by atoms with Crippen LogP contribution in [0.1, 0.15) is 25.5 Å². The lowest BCUT2D eigenvalue weighted by atomic mass is 10.1. The highest BCUT2D eigenvalue weighted by molar-refractivity contribution is 5.73. The van der Waals surface area contributed by atoms with Gasteiger partial charge in [-0.05, 0) is 24.6 Å². The Labute approximate surface area is 91.1 Å². The summed E-state index contributed by atoms with van der Waals surface area (Å²) >= 11 is 0. The highest BCUT2D eigenvalue weighted by Crippen LogP contribution is 2.17. The lowest BCUT2D eigenvalue weighted by Gasteiger charge is -2.16. The van der Waals surface area contributed by atoms with Gasteiger partial charge < -0.3 is 10.2 Å². The minimum Gasteiger partial charge on any atom is -0.378 e. The van der Waals surface area contributed by atoms with E-state index in [4.69, 9.17) is 0 Å². The fourth-order valence-electron chi connectivity index (χ4n) is 1.45. The Bertz CT molecular complexity index is 330. The molecule has 0 aliphatic heterocycles. The first kappa shape index (κ1) is 11.6. The molecule has 0 aromatic heterocycles. The van der Waals surface area contributed by atoms with E-state index in [1.807, 2.05) is 50.2 Å². The Kier molecular flexibility index (Phi) is 3.72. The molecular formula is C12H18N2O. The molecule has 0 saturated carbocycles. The van der Waals surface area contributed by atoms with Crippen molar-refractivity contribution in [2.75, 3.05) is 19.0 Å². The monoisotopic (exact) mass is 206 g/mol. The lowest BCUT2D eigenvalue weighted by Crippen LogP contribution is -2.23. The summed E-state index contributed by atoms with van der Waals surface area (Å²) in [7, 11) is 4.01. The van der Waals surface area contributed by atoms with Crippen LogP contribution in [0.3, 0.4) is 0 Å². The van der Waals surface area contributed by atoms with Crippen LogP contribution in [-0.2, 0) is 4.79 Å². The van der Waals surface area contributed by atoms with Crippen molar-refractivity contribution in [2.24, 2.45) is 0 Å². The van der Waals surface area contributed by atoms with E-state index in [0.717, 1.165) is 11.3 Å². The second kappa shape index (κ2) is 4.82. The van der Waals surface area contributed by atoms with E-state index in [-0.39, 0.29) is 11.9 Å². The summed E-state index contributed by atoms with van der Waals surface area (Å²) in [6, 6.07) is 8.24. The van der Waals surface area contributed by atoms with Gasteiger partial charge in [-0.3, -0.25) is 4.79 Å². The largest absolute Gasteiger partial charge is 0.378 e. The maximum Gasteiger partial charge on any atom is 0.217 e. The molecule has 1 aromatic rings. The molecule has 15 heavy (non-hydrogen) atoms. The summed E-state index contributed by atoms with van der Waals surface area (Å²) in [4.78, 5) is 12.9. The number of nitrogens with zero attached hydrogens (tertiary/aromatic N) is 1. The maximum atomic E-state index is 10.9. The molecule has 1 amide bonds. The van der Waals surface area contributed by atoms with Gasteiger partial charge in [0.05, 0.1) is 6.04 Å². The van der Waals surface area contributed by atoms with Crippen molar-refractivity contribution in [2.45, 2.75) is 19.9 Å². The first-order valence-corrected chi connectivity index (χ1v) is 5.05. The fraction of sp³-hybridized carbons (Fsp3) is 0.417. The summed E-state index contributed by atoms with van der Waals surface area (Å²) in [5.41, 5.74) is 2.28. The lowest BCUT2D eigenvalue weighted by molar-refractivity contribution is -0.119. The number of rotatable bonds is 3. The molecule has 0 saturated heterocycles. The average molecular weight is 206 g/mol. The van der Waals surface area contributed by atoms with Crippen molar-refractivity contribution in [1.82, 2.24) is 5.32 Å². The van der Waals surface area contributed by atoms with Gasteiger partial charge in [0.2, 0.25) is 5.91 Å². The first-order chi connectivity index (χ1) is 7.00. The number of carbonyl (C=O) groups is 1. The van der Waals surface area contributed by atoms with E-state index >= 15 is 0 Å². The molecular weight excluding hydrogens is 188 g/mol.